The number of aryl methyl sites for hydroxylation is 1. The Morgan fingerprint density at radius 2 is 2.15 bits per heavy atom. The molecule has 0 spiro atoms. The molecule has 0 unspecified atom stereocenters. The molecular weight excluding hydrogens is 170 g/mol. The van der Waals surface area contributed by atoms with Crippen LogP contribution in [0.3, 0.4) is 0 Å². The van der Waals surface area contributed by atoms with Crippen molar-refractivity contribution in [3.8, 4) is 5.75 Å². The molecule has 0 aliphatic rings. The Balaban J connectivity index is 2.68. The van der Waals surface area contributed by atoms with Crippen LogP contribution >= 0.6 is 0 Å². The Labute approximate surface area is 76.2 Å². The van der Waals surface area contributed by atoms with Gasteiger partial charge in [0.1, 0.15) is 0 Å². The van der Waals surface area contributed by atoms with Crippen molar-refractivity contribution in [1.29, 1.82) is 0 Å². The van der Waals surface area contributed by atoms with Gasteiger partial charge in [0.15, 0.2) is 5.75 Å². The summed E-state index contributed by atoms with van der Waals surface area (Å²) >= 11 is 0. The molecule has 0 bridgehead atoms. The molecule has 1 rings (SSSR count). The van der Waals surface area contributed by atoms with Crippen LogP contribution in [0.15, 0.2) is 18.2 Å². The van der Waals surface area contributed by atoms with Gasteiger partial charge in [-0.05, 0) is 30.7 Å². The summed E-state index contributed by atoms with van der Waals surface area (Å²) in [5.41, 5.74) is 7.14. The Kier molecular flexibility index (Phi) is 2.74. The Bertz CT molecular complexity index is 323. The lowest BCUT2D eigenvalue weighted by molar-refractivity contribution is -0.210. The molecule has 0 fully saturated rings. The maximum atomic E-state index is 10.4. The van der Waals surface area contributed by atoms with Crippen molar-refractivity contribution in [2.24, 2.45) is 0 Å². The van der Waals surface area contributed by atoms with Crippen molar-refractivity contribution in [3.05, 3.63) is 23.8 Å². The fourth-order valence-corrected chi connectivity index (χ4v) is 0.807. The van der Waals surface area contributed by atoms with E-state index in [-0.39, 0.29) is 0 Å². The van der Waals surface area contributed by atoms with E-state index in [9.17, 15) is 4.79 Å². The van der Waals surface area contributed by atoms with E-state index >= 15 is 0 Å². The molecule has 13 heavy (non-hydrogen) atoms. The van der Waals surface area contributed by atoms with E-state index in [0.717, 1.165) is 5.56 Å². The second kappa shape index (κ2) is 3.80. The van der Waals surface area contributed by atoms with Gasteiger partial charge >= 0.3 is 5.97 Å². The molecule has 4 nitrogen and oxygen atoms in total. The van der Waals surface area contributed by atoms with Crippen LogP contribution in [-0.4, -0.2) is 5.97 Å². The maximum absolute atomic E-state index is 10.4. The molecule has 0 saturated carbocycles. The highest BCUT2D eigenvalue weighted by molar-refractivity contribution is 5.65. The lowest BCUT2D eigenvalue weighted by atomic mass is 10.2. The van der Waals surface area contributed by atoms with Crippen LogP contribution < -0.4 is 10.6 Å². The number of carbonyl (C=O) groups is 1. The van der Waals surface area contributed by atoms with E-state index in [2.05, 4.69) is 4.89 Å². The highest BCUT2D eigenvalue weighted by Crippen LogP contribution is 2.18. The third-order valence-corrected chi connectivity index (χ3v) is 1.50. The van der Waals surface area contributed by atoms with Gasteiger partial charge in [0.05, 0.1) is 0 Å². The van der Waals surface area contributed by atoms with Gasteiger partial charge in [-0.25, -0.2) is 4.79 Å². The Hall–Kier alpha value is -1.71. The number of anilines is 1. The van der Waals surface area contributed by atoms with Gasteiger partial charge in [0.2, 0.25) is 0 Å². The lowest BCUT2D eigenvalue weighted by Crippen LogP contribution is -2.03. The number of carbonyl (C=O) groups excluding carboxylic acids is 1. The van der Waals surface area contributed by atoms with E-state index in [4.69, 9.17) is 10.6 Å². The molecule has 0 saturated heterocycles. The standard InChI is InChI=1S/C9H11NO3/c1-6-5-8(3-4-9(6)10)13-12-7(2)11/h3-5H,10H2,1-2H3. The van der Waals surface area contributed by atoms with Crippen LogP contribution in [0.1, 0.15) is 12.5 Å². The average molecular weight is 181 g/mol. The number of hydrogen-bond acceptors (Lipinski definition) is 4. The predicted octanol–water partition coefficient (Wildman–Crippen LogP) is 1.43. The molecule has 4 heteroatoms. The summed E-state index contributed by atoms with van der Waals surface area (Å²) in [5, 5.41) is 0. The average Bonchev–Trinajstić information content (AvgIpc) is 2.07. The largest absolute Gasteiger partial charge is 0.399 e. The molecule has 1 aromatic rings. The number of rotatable bonds is 2. The van der Waals surface area contributed by atoms with Crippen molar-refractivity contribution >= 4 is 11.7 Å². The fourth-order valence-electron chi connectivity index (χ4n) is 0.807. The molecule has 0 heterocycles. The van der Waals surface area contributed by atoms with Crippen molar-refractivity contribution in [2.75, 3.05) is 5.73 Å². The van der Waals surface area contributed by atoms with Gasteiger partial charge in [0, 0.05) is 12.6 Å². The summed E-state index contributed by atoms with van der Waals surface area (Å²) in [5.74, 6) is -0.0311. The second-order valence-electron chi connectivity index (χ2n) is 2.68. The zero-order valence-electron chi connectivity index (χ0n) is 7.53. The molecule has 0 radical (unpaired) electrons. The number of benzene rings is 1. The zero-order chi connectivity index (χ0) is 9.84. The predicted molar refractivity (Wildman–Crippen MR) is 48.0 cm³/mol. The van der Waals surface area contributed by atoms with Crippen LogP contribution in [0.2, 0.25) is 0 Å². The quantitative estimate of drug-likeness (QED) is 0.426. The van der Waals surface area contributed by atoms with Crippen LogP contribution in [-0.2, 0) is 9.68 Å². The minimum atomic E-state index is -0.491. The van der Waals surface area contributed by atoms with Gasteiger partial charge in [-0.15, -0.1) is 0 Å². The van der Waals surface area contributed by atoms with Crippen molar-refractivity contribution in [1.82, 2.24) is 0 Å². The number of hydrogen-bond donors (Lipinski definition) is 1. The summed E-state index contributed by atoms with van der Waals surface area (Å²) in [7, 11) is 0. The van der Waals surface area contributed by atoms with Gasteiger partial charge in [-0.2, -0.15) is 0 Å². The summed E-state index contributed by atoms with van der Waals surface area (Å²) in [6.07, 6.45) is 0. The Morgan fingerprint density at radius 1 is 1.46 bits per heavy atom. The monoisotopic (exact) mass is 181 g/mol. The first-order valence-electron chi connectivity index (χ1n) is 3.81. The van der Waals surface area contributed by atoms with Gasteiger partial charge < -0.3 is 5.73 Å². The highest BCUT2D eigenvalue weighted by atomic mass is 17.2. The summed E-state index contributed by atoms with van der Waals surface area (Å²) in [6, 6.07) is 5.01. The summed E-state index contributed by atoms with van der Waals surface area (Å²) in [6.45, 7) is 3.11. The molecule has 0 atom stereocenters. The van der Waals surface area contributed by atoms with E-state index in [1.165, 1.54) is 6.92 Å². The molecule has 0 amide bonds. The SMILES string of the molecule is CC(=O)OOc1ccc(N)c(C)c1. The fraction of sp³-hybridized carbons (Fsp3) is 0.222. The molecular formula is C9H11NO3. The highest BCUT2D eigenvalue weighted by Gasteiger charge is 2.00. The summed E-state index contributed by atoms with van der Waals surface area (Å²) in [4.78, 5) is 19.4. The smallest absolute Gasteiger partial charge is 0.352 e. The second-order valence-corrected chi connectivity index (χ2v) is 2.68. The first-order valence-corrected chi connectivity index (χ1v) is 3.81. The zero-order valence-corrected chi connectivity index (χ0v) is 7.53. The topological polar surface area (TPSA) is 61.5 Å². The molecule has 2 N–H and O–H groups in total. The van der Waals surface area contributed by atoms with Gasteiger partial charge in [-0.1, -0.05) is 0 Å². The van der Waals surface area contributed by atoms with Crippen LogP contribution in [0.4, 0.5) is 5.69 Å². The van der Waals surface area contributed by atoms with E-state index in [1.54, 1.807) is 18.2 Å². The maximum Gasteiger partial charge on any atom is 0.352 e. The molecule has 70 valence electrons. The van der Waals surface area contributed by atoms with Crippen molar-refractivity contribution < 1.29 is 14.6 Å². The van der Waals surface area contributed by atoms with E-state index in [1.807, 2.05) is 6.92 Å². The number of nitrogens with two attached hydrogens (primary N) is 1. The first kappa shape index (κ1) is 9.38. The third-order valence-electron chi connectivity index (χ3n) is 1.50. The van der Waals surface area contributed by atoms with Crippen molar-refractivity contribution in [2.45, 2.75) is 13.8 Å². The van der Waals surface area contributed by atoms with E-state index < -0.39 is 5.97 Å². The minimum absolute atomic E-state index is 0.460. The van der Waals surface area contributed by atoms with Crippen LogP contribution in [0.5, 0.6) is 5.75 Å². The molecule has 1 aromatic carbocycles. The van der Waals surface area contributed by atoms with Gasteiger partial charge in [-0.3, -0.25) is 9.78 Å². The third kappa shape index (κ3) is 2.66. The van der Waals surface area contributed by atoms with E-state index in [0.29, 0.717) is 11.4 Å². The number of nitrogen functional groups attached to an aromatic ring is 1. The molecule has 0 aliphatic heterocycles. The summed E-state index contributed by atoms with van der Waals surface area (Å²) < 4.78 is 0. The normalized spacial score (nSPS) is 9.38. The van der Waals surface area contributed by atoms with Crippen molar-refractivity contribution in [3.63, 3.8) is 0 Å². The van der Waals surface area contributed by atoms with Crippen LogP contribution in [0, 0.1) is 6.92 Å². The first-order chi connectivity index (χ1) is 6.09. The Morgan fingerprint density at radius 3 is 2.69 bits per heavy atom. The van der Waals surface area contributed by atoms with Gasteiger partial charge in [0.25, 0.3) is 0 Å². The molecule has 0 aromatic heterocycles. The molecule has 0 aliphatic carbocycles. The lowest BCUT2D eigenvalue weighted by Gasteiger charge is -2.04. The van der Waals surface area contributed by atoms with Crippen LogP contribution in [0.25, 0.3) is 0 Å². The minimum Gasteiger partial charge on any atom is -0.399 e.